The molecule has 0 atom stereocenters. The Hall–Kier alpha value is -1.90. The Balaban J connectivity index is 2.07. The third-order valence-corrected chi connectivity index (χ3v) is 4.29. The molecule has 0 bridgehead atoms. The monoisotopic (exact) mass is 282 g/mol. The van der Waals surface area contributed by atoms with Crippen LogP contribution in [0.5, 0.6) is 5.75 Å². The summed E-state index contributed by atoms with van der Waals surface area (Å²) in [6.45, 7) is 6.27. The SMILES string of the molecule is COc1cccc(C)c1-c1nc(C)c(CC2CC2)c(C)n1. The van der Waals surface area contributed by atoms with Crippen molar-refractivity contribution in [1.82, 2.24) is 9.97 Å². The van der Waals surface area contributed by atoms with Gasteiger partial charge < -0.3 is 4.74 Å². The number of aryl methyl sites for hydroxylation is 3. The minimum absolute atomic E-state index is 0.777. The molecule has 3 rings (SSSR count). The molecule has 3 heteroatoms. The summed E-state index contributed by atoms with van der Waals surface area (Å²) in [7, 11) is 1.69. The molecule has 0 amide bonds. The predicted molar refractivity (Wildman–Crippen MR) is 84.7 cm³/mol. The number of rotatable bonds is 4. The minimum atomic E-state index is 0.777. The molecule has 1 aliphatic carbocycles. The largest absolute Gasteiger partial charge is 0.496 e. The van der Waals surface area contributed by atoms with Crippen LogP contribution in [0.4, 0.5) is 0 Å². The first-order valence-electron chi connectivity index (χ1n) is 7.58. The number of hydrogen-bond acceptors (Lipinski definition) is 3. The Morgan fingerprint density at radius 2 is 1.76 bits per heavy atom. The molecule has 0 saturated heterocycles. The van der Waals surface area contributed by atoms with Crippen LogP contribution in [0.3, 0.4) is 0 Å². The molecule has 1 aromatic carbocycles. The van der Waals surface area contributed by atoms with Crippen LogP contribution in [0.2, 0.25) is 0 Å². The van der Waals surface area contributed by atoms with Gasteiger partial charge in [0.25, 0.3) is 0 Å². The van der Waals surface area contributed by atoms with Crippen LogP contribution in [0.25, 0.3) is 11.4 Å². The van der Waals surface area contributed by atoms with Crippen LogP contribution in [0.1, 0.15) is 35.4 Å². The van der Waals surface area contributed by atoms with E-state index in [2.05, 4.69) is 26.8 Å². The van der Waals surface area contributed by atoms with Crippen LogP contribution in [-0.2, 0) is 6.42 Å². The minimum Gasteiger partial charge on any atom is -0.496 e. The first-order valence-corrected chi connectivity index (χ1v) is 7.58. The molecule has 2 aromatic rings. The fourth-order valence-electron chi connectivity index (χ4n) is 2.85. The van der Waals surface area contributed by atoms with E-state index in [1.807, 2.05) is 12.1 Å². The second kappa shape index (κ2) is 5.47. The highest BCUT2D eigenvalue weighted by Gasteiger charge is 2.24. The van der Waals surface area contributed by atoms with Gasteiger partial charge in [0.2, 0.25) is 0 Å². The summed E-state index contributed by atoms with van der Waals surface area (Å²) in [6.07, 6.45) is 3.83. The summed E-state index contributed by atoms with van der Waals surface area (Å²) in [5.74, 6) is 2.47. The average molecular weight is 282 g/mol. The molecule has 21 heavy (non-hydrogen) atoms. The average Bonchev–Trinajstić information content (AvgIpc) is 3.26. The maximum absolute atomic E-state index is 5.49. The molecule has 0 radical (unpaired) electrons. The lowest BCUT2D eigenvalue weighted by Gasteiger charge is -2.14. The second-order valence-electron chi connectivity index (χ2n) is 6.00. The molecule has 1 aliphatic rings. The summed E-state index contributed by atoms with van der Waals surface area (Å²) in [6, 6.07) is 6.04. The normalized spacial score (nSPS) is 14.3. The van der Waals surface area contributed by atoms with Crippen molar-refractivity contribution in [2.24, 2.45) is 5.92 Å². The molecule has 1 saturated carbocycles. The summed E-state index contributed by atoms with van der Waals surface area (Å²) in [5, 5.41) is 0. The van der Waals surface area contributed by atoms with Crippen molar-refractivity contribution in [2.45, 2.75) is 40.0 Å². The van der Waals surface area contributed by atoms with E-state index in [0.29, 0.717) is 0 Å². The van der Waals surface area contributed by atoms with Gasteiger partial charge in [-0.15, -0.1) is 0 Å². The lowest BCUT2D eigenvalue weighted by molar-refractivity contribution is 0.416. The molecule has 0 aliphatic heterocycles. The Morgan fingerprint density at radius 1 is 1.10 bits per heavy atom. The van der Waals surface area contributed by atoms with Crippen LogP contribution in [-0.4, -0.2) is 17.1 Å². The van der Waals surface area contributed by atoms with Gasteiger partial charge >= 0.3 is 0 Å². The Morgan fingerprint density at radius 3 is 2.33 bits per heavy atom. The Labute approximate surface area is 126 Å². The molecule has 0 spiro atoms. The number of methoxy groups -OCH3 is 1. The molecule has 110 valence electrons. The van der Waals surface area contributed by atoms with E-state index in [0.717, 1.165) is 46.4 Å². The first kappa shape index (κ1) is 14.1. The third-order valence-electron chi connectivity index (χ3n) is 4.29. The molecule has 1 aromatic heterocycles. The maximum Gasteiger partial charge on any atom is 0.163 e. The number of nitrogens with zero attached hydrogens (tertiary/aromatic N) is 2. The van der Waals surface area contributed by atoms with Crippen LogP contribution in [0, 0.1) is 26.7 Å². The van der Waals surface area contributed by atoms with Crippen molar-refractivity contribution in [3.8, 4) is 17.1 Å². The van der Waals surface area contributed by atoms with Crippen molar-refractivity contribution >= 4 is 0 Å². The van der Waals surface area contributed by atoms with Crippen molar-refractivity contribution in [1.29, 1.82) is 0 Å². The van der Waals surface area contributed by atoms with Crippen LogP contribution >= 0.6 is 0 Å². The van der Waals surface area contributed by atoms with Gasteiger partial charge in [0, 0.05) is 11.4 Å². The third kappa shape index (κ3) is 2.78. The fourth-order valence-corrected chi connectivity index (χ4v) is 2.85. The Bertz CT molecular complexity index is 652. The summed E-state index contributed by atoms with van der Waals surface area (Å²) in [5.41, 5.74) is 5.69. The van der Waals surface area contributed by atoms with Crippen LogP contribution < -0.4 is 4.74 Å². The lowest BCUT2D eigenvalue weighted by atomic mass is 10.0. The highest BCUT2D eigenvalue weighted by atomic mass is 16.5. The van der Waals surface area contributed by atoms with E-state index < -0.39 is 0 Å². The maximum atomic E-state index is 5.49. The zero-order chi connectivity index (χ0) is 15.0. The van der Waals surface area contributed by atoms with Crippen molar-refractivity contribution < 1.29 is 4.74 Å². The van der Waals surface area contributed by atoms with Gasteiger partial charge in [-0.3, -0.25) is 0 Å². The van der Waals surface area contributed by atoms with Gasteiger partial charge in [-0.05, 0) is 63.1 Å². The zero-order valence-corrected chi connectivity index (χ0v) is 13.2. The van der Waals surface area contributed by atoms with Gasteiger partial charge in [-0.1, -0.05) is 12.1 Å². The molecular weight excluding hydrogens is 260 g/mol. The number of benzene rings is 1. The number of ether oxygens (including phenoxy) is 1. The molecular formula is C18H22N2O. The van der Waals surface area contributed by atoms with E-state index in [1.165, 1.54) is 18.4 Å². The molecule has 0 unspecified atom stereocenters. The van der Waals surface area contributed by atoms with E-state index >= 15 is 0 Å². The molecule has 3 nitrogen and oxygen atoms in total. The zero-order valence-electron chi connectivity index (χ0n) is 13.2. The van der Waals surface area contributed by atoms with Crippen molar-refractivity contribution in [3.63, 3.8) is 0 Å². The quantitative estimate of drug-likeness (QED) is 0.849. The predicted octanol–water partition coefficient (Wildman–Crippen LogP) is 4.03. The summed E-state index contributed by atoms with van der Waals surface area (Å²) >= 11 is 0. The molecule has 0 N–H and O–H groups in total. The van der Waals surface area contributed by atoms with Gasteiger partial charge in [-0.25, -0.2) is 9.97 Å². The number of aromatic nitrogens is 2. The number of hydrogen-bond donors (Lipinski definition) is 0. The van der Waals surface area contributed by atoms with Gasteiger partial charge in [0.15, 0.2) is 5.82 Å². The standard InChI is InChI=1S/C18H22N2O/c1-11-6-5-7-16(21-4)17(11)18-19-12(2)15(13(3)20-18)10-14-8-9-14/h5-7,14H,8-10H2,1-4H3. The first-order chi connectivity index (χ1) is 10.1. The molecule has 1 heterocycles. The van der Waals surface area contributed by atoms with Crippen molar-refractivity contribution in [2.75, 3.05) is 7.11 Å². The Kier molecular flexibility index (Phi) is 3.66. The van der Waals surface area contributed by atoms with Crippen molar-refractivity contribution in [3.05, 3.63) is 40.7 Å². The highest BCUT2D eigenvalue weighted by Crippen LogP contribution is 2.35. The van der Waals surface area contributed by atoms with E-state index in [-0.39, 0.29) is 0 Å². The van der Waals surface area contributed by atoms with E-state index in [1.54, 1.807) is 7.11 Å². The summed E-state index contributed by atoms with van der Waals surface area (Å²) < 4.78 is 5.49. The molecule has 1 fully saturated rings. The van der Waals surface area contributed by atoms with Crippen LogP contribution in [0.15, 0.2) is 18.2 Å². The lowest BCUT2D eigenvalue weighted by Crippen LogP contribution is -2.05. The van der Waals surface area contributed by atoms with E-state index in [9.17, 15) is 0 Å². The van der Waals surface area contributed by atoms with E-state index in [4.69, 9.17) is 14.7 Å². The van der Waals surface area contributed by atoms with Gasteiger partial charge in [0.1, 0.15) is 5.75 Å². The topological polar surface area (TPSA) is 35.0 Å². The van der Waals surface area contributed by atoms with Gasteiger partial charge in [0.05, 0.1) is 12.7 Å². The highest BCUT2D eigenvalue weighted by molar-refractivity contribution is 5.68. The summed E-state index contributed by atoms with van der Waals surface area (Å²) in [4.78, 5) is 9.53. The smallest absolute Gasteiger partial charge is 0.163 e. The fraction of sp³-hybridized carbons (Fsp3) is 0.444. The van der Waals surface area contributed by atoms with Gasteiger partial charge in [-0.2, -0.15) is 0 Å². The second-order valence-corrected chi connectivity index (χ2v) is 6.00.